The number of benzene rings is 2. The maximum Gasteiger partial charge on any atom is 0.214 e. The first kappa shape index (κ1) is 24.7. The summed E-state index contributed by atoms with van der Waals surface area (Å²) in [4.78, 5) is -0.492. The molecule has 0 aliphatic carbocycles. The molecule has 0 atom stereocenters. The van der Waals surface area contributed by atoms with E-state index in [2.05, 4.69) is 0 Å². The Balaban J connectivity index is 2.63. The van der Waals surface area contributed by atoms with Crippen molar-refractivity contribution in [2.24, 2.45) is 0 Å². The molecule has 0 spiro atoms. The second-order valence-corrected chi connectivity index (χ2v) is 7.85. The highest BCUT2D eigenvalue weighted by Crippen LogP contribution is 2.42. The molecule has 0 amide bonds. The van der Waals surface area contributed by atoms with E-state index in [4.69, 9.17) is 39.4 Å². The summed E-state index contributed by atoms with van der Waals surface area (Å²) in [7, 11) is -4.25. The van der Waals surface area contributed by atoms with Crippen LogP contribution in [0, 0.1) is 0 Å². The summed E-state index contributed by atoms with van der Waals surface area (Å²) < 4.78 is 48.8. The van der Waals surface area contributed by atoms with Gasteiger partial charge < -0.3 is 39.4 Å². The standard InChI is InChI=1S/C20H26O10S/c21-7-11-27-15-3-1-5-17(19(15)29-13-9-23)31(25,26)18-6-2-4-16(28-12-8-22)20(18)30-14-10-24/h1-6,21-24H,7-14H2. The molecule has 31 heavy (non-hydrogen) atoms. The summed E-state index contributed by atoms with van der Waals surface area (Å²) in [6, 6.07) is 8.48. The molecule has 0 aliphatic heterocycles. The van der Waals surface area contributed by atoms with Crippen LogP contribution in [0.15, 0.2) is 46.2 Å². The number of hydrogen-bond acceptors (Lipinski definition) is 10. The van der Waals surface area contributed by atoms with Gasteiger partial charge >= 0.3 is 0 Å². The van der Waals surface area contributed by atoms with Gasteiger partial charge in [0.15, 0.2) is 23.0 Å². The van der Waals surface area contributed by atoms with Crippen molar-refractivity contribution in [2.75, 3.05) is 52.9 Å². The van der Waals surface area contributed by atoms with E-state index in [0.717, 1.165) is 0 Å². The van der Waals surface area contributed by atoms with Gasteiger partial charge in [0.1, 0.15) is 36.2 Å². The topological polar surface area (TPSA) is 152 Å². The average molecular weight is 458 g/mol. The summed E-state index contributed by atoms with van der Waals surface area (Å²) in [6.07, 6.45) is 0. The molecule has 172 valence electrons. The summed E-state index contributed by atoms with van der Waals surface area (Å²) in [5, 5.41) is 36.3. The zero-order valence-electron chi connectivity index (χ0n) is 16.8. The van der Waals surface area contributed by atoms with E-state index in [-0.39, 0.29) is 85.6 Å². The van der Waals surface area contributed by atoms with E-state index in [0.29, 0.717) is 0 Å². The van der Waals surface area contributed by atoms with Gasteiger partial charge in [-0.25, -0.2) is 8.42 Å². The minimum Gasteiger partial charge on any atom is -0.487 e. The fourth-order valence-electron chi connectivity index (χ4n) is 2.65. The lowest BCUT2D eigenvalue weighted by atomic mass is 10.3. The SMILES string of the molecule is O=S(=O)(c1cccc(OCCO)c1OCCO)c1cccc(OCCO)c1OCCO. The van der Waals surface area contributed by atoms with E-state index in [9.17, 15) is 8.42 Å². The Kier molecular flexibility index (Phi) is 9.82. The Labute approximate surface area is 180 Å². The van der Waals surface area contributed by atoms with Crippen LogP contribution >= 0.6 is 0 Å². The van der Waals surface area contributed by atoms with Gasteiger partial charge in [0.05, 0.1) is 26.4 Å². The maximum atomic E-state index is 13.6. The van der Waals surface area contributed by atoms with Gasteiger partial charge in [0.25, 0.3) is 0 Å². The van der Waals surface area contributed by atoms with Crippen LogP contribution in [-0.4, -0.2) is 81.7 Å². The van der Waals surface area contributed by atoms with E-state index in [1.165, 1.54) is 36.4 Å². The number of aliphatic hydroxyl groups excluding tert-OH is 4. The summed E-state index contributed by atoms with van der Waals surface area (Å²) in [5.41, 5.74) is 0. The van der Waals surface area contributed by atoms with Gasteiger partial charge in [-0.3, -0.25) is 0 Å². The summed E-state index contributed by atoms with van der Waals surface area (Å²) in [5.74, 6) is -0.0947. The van der Waals surface area contributed by atoms with Crippen LogP contribution < -0.4 is 18.9 Å². The third kappa shape index (κ3) is 6.21. The van der Waals surface area contributed by atoms with Gasteiger partial charge in [-0.15, -0.1) is 0 Å². The predicted octanol–water partition coefficient (Wildman–Crippen LogP) is 0.00380. The minimum atomic E-state index is -4.25. The monoisotopic (exact) mass is 458 g/mol. The maximum absolute atomic E-state index is 13.6. The lowest BCUT2D eigenvalue weighted by Crippen LogP contribution is -2.13. The minimum absolute atomic E-state index is 0.0779. The Morgan fingerprint density at radius 1 is 0.581 bits per heavy atom. The van der Waals surface area contributed by atoms with Gasteiger partial charge in [-0.05, 0) is 24.3 Å². The van der Waals surface area contributed by atoms with E-state index in [1.54, 1.807) is 0 Å². The van der Waals surface area contributed by atoms with Crippen molar-refractivity contribution in [1.29, 1.82) is 0 Å². The third-order valence-corrected chi connectivity index (χ3v) is 5.64. The Morgan fingerprint density at radius 3 is 1.29 bits per heavy atom. The molecular weight excluding hydrogens is 432 g/mol. The number of rotatable bonds is 14. The number of ether oxygens (including phenoxy) is 4. The first-order chi connectivity index (χ1) is 15.0. The molecule has 0 fully saturated rings. The molecule has 0 heterocycles. The second kappa shape index (κ2) is 12.3. The van der Waals surface area contributed by atoms with Crippen LogP contribution in [-0.2, 0) is 9.84 Å². The Hall–Kier alpha value is -2.57. The molecule has 0 radical (unpaired) electrons. The fourth-order valence-corrected chi connectivity index (χ4v) is 4.21. The zero-order chi connectivity index (χ0) is 22.7. The van der Waals surface area contributed by atoms with Crippen molar-refractivity contribution in [3.63, 3.8) is 0 Å². The van der Waals surface area contributed by atoms with E-state index in [1.807, 2.05) is 0 Å². The zero-order valence-corrected chi connectivity index (χ0v) is 17.6. The second-order valence-electron chi connectivity index (χ2n) is 5.96. The van der Waals surface area contributed by atoms with Crippen molar-refractivity contribution < 1.29 is 47.8 Å². The lowest BCUT2D eigenvalue weighted by Gasteiger charge is -2.19. The van der Waals surface area contributed by atoms with Gasteiger partial charge in [-0.1, -0.05) is 12.1 Å². The molecule has 10 nitrogen and oxygen atoms in total. The lowest BCUT2D eigenvalue weighted by molar-refractivity contribution is 0.175. The van der Waals surface area contributed by atoms with Crippen LogP contribution in [0.1, 0.15) is 0 Å². The molecule has 0 unspecified atom stereocenters. The number of hydrogen-bond donors (Lipinski definition) is 4. The number of aliphatic hydroxyl groups is 4. The van der Waals surface area contributed by atoms with Gasteiger partial charge in [-0.2, -0.15) is 0 Å². The summed E-state index contributed by atoms with van der Waals surface area (Å²) in [6.45, 7) is -1.85. The molecule has 4 N–H and O–H groups in total. The molecule has 0 aliphatic rings. The molecule has 0 aromatic heterocycles. The highest BCUT2D eigenvalue weighted by atomic mass is 32.2. The highest BCUT2D eigenvalue weighted by Gasteiger charge is 2.30. The average Bonchev–Trinajstić information content (AvgIpc) is 2.78. The molecule has 0 saturated carbocycles. The van der Waals surface area contributed by atoms with E-state index < -0.39 is 9.84 Å². The molecule has 0 bridgehead atoms. The van der Waals surface area contributed by atoms with Crippen LogP contribution in [0.4, 0.5) is 0 Å². The van der Waals surface area contributed by atoms with Crippen LogP contribution in [0.5, 0.6) is 23.0 Å². The van der Waals surface area contributed by atoms with Crippen molar-refractivity contribution >= 4 is 9.84 Å². The molecule has 2 rings (SSSR count). The molecule has 0 saturated heterocycles. The van der Waals surface area contributed by atoms with Crippen LogP contribution in [0.2, 0.25) is 0 Å². The van der Waals surface area contributed by atoms with Crippen molar-refractivity contribution in [3.05, 3.63) is 36.4 Å². The Morgan fingerprint density at radius 2 is 0.935 bits per heavy atom. The van der Waals surface area contributed by atoms with Crippen molar-refractivity contribution in [1.82, 2.24) is 0 Å². The first-order valence-electron chi connectivity index (χ1n) is 9.47. The first-order valence-corrected chi connectivity index (χ1v) is 10.9. The number of para-hydroxylation sites is 2. The molecular formula is C20H26O10S. The van der Waals surface area contributed by atoms with Gasteiger partial charge in [0.2, 0.25) is 9.84 Å². The Bertz CT molecular complexity index is 860. The largest absolute Gasteiger partial charge is 0.487 e. The van der Waals surface area contributed by atoms with Crippen molar-refractivity contribution in [3.8, 4) is 23.0 Å². The van der Waals surface area contributed by atoms with E-state index >= 15 is 0 Å². The smallest absolute Gasteiger partial charge is 0.214 e. The fraction of sp³-hybridized carbons (Fsp3) is 0.400. The number of sulfone groups is 1. The van der Waals surface area contributed by atoms with Crippen LogP contribution in [0.25, 0.3) is 0 Å². The molecule has 2 aromatic rings. The summed E-state index contributed by atoms with van der Waals surface area (Å²) >= 11 is 0. The quantitative estimate of drug-likeness (QED) is 0.304. The third-order valence-electron chi connectivity index (χ3n) is 3.84. The highest BCUT2D eigenvalue weighted by molar-refractivity contribution is 7.91. The van der Waals surface area contributed by atoms with Crippen molar-refractivity contribution in [2.45, 2.75) is 9.79 Å². The molecule has 11 heteroatoms. The molecule has 2 aromatic carbocycles. The predicted molar refractivity (Wildman–Crippen MR) is 109 cm³/mol. The van der Waals surface area contributed by atoms with Gasteiger partial charge in [0, 0.05) is 0 Å². The normalized spacial score (nSPS) is 11.2. The van der Waals surface area contributed by atoms with Crippen LogP contribution in [0.3, 0.4) is 0 Å².